The molecule has 0 saturated heterocycles. The molecule has 0 aromatic heterocycles. The van der Waals surface area contributed by atoms with Crippen LogP contribution < -0.4 is 4.72 Å². The van der Waals surface area contributed by atoms with Crippen molar-refractivity contribution in [2.75, 3.05) is 6.54 Å². The van der Waals surface area contributed by atoms with Crippen LogP contribution in [-0.2, 0) is 14.8 Å². The third-order valence-electron chi connectivity index (χ3n) is 2.79. The fourth-order valence-corrected chi connectivity index (χ4v) is 3.02. The van der Waals surface area contributed by atoms with E-state index in [2.05, 4.69) is 4.72 Å². The van der Waals surface area contributed by atoms with E-state index >= 15 is 0 Å². The predicted octanol–water partition coefficient (Wildman–Crippen LogP) is 2.04. The van der Waals surface area contributed by atoms with Gasteiger partial charge in [-0.2, -0.15) is 0 Å². The summed E-state index contributed by atoms with van der Waals surface area (Å²) in [5.41, 5.74) is -0.746. The SMILES string of the molecule is Cc1c(Cl)cccc1S(=O)(=O)NCC(C)(C)C(=O)O. The first kappa shape index (κ1) is 15.9. The maximum Gasteiger partial charge on any atom is 0.310 e. The first-order valence-corrected chi connectivity index (χ1v) is 7.42. The number of carboxylic acid groups (broad SMARTS) is 1. The van der Waals surface area contributed by atoms with E-state index in [4.69, 9.17) is 16.7 Å². The monoisotopic (exact) mass is 305 g/mol. The van der Waals surface area contributed by atoms with Gasteiger partial charge in [0.1, 0.15) is 0 Å². The highest BCUT2D eigenvalue weighted by Crippen LogP contribution is 2.23. The molecule has 0 fully saturated rings. The average Bonchev–Trinajstić information content (AvgIpc) is 2.30. The zero-order chi connectivity index (χ0) is 14.8. The van der Waals surface area contributed by atoms with Gasteiger partial charge in [0.2, 0.25) is 10.0 Å². The number of benzene rings is 1. The summed E-state index contributed by atoms with van der Waals surface area (Å²) in [6, 6.07) is 4.56. The average molecular weight is 306 g/mol. The standard InChI is InChI=1S/C12H16ClNO4S/c1-8-9(13)5-4-6-10(8)19(17,18)14-7-12(2,3)11(15)16/h4-6,14H,7H2,1-3H3,(H,15,16). The van der Waals surface area contributed by atoms with Gasteiger partial charge in [-0.05, 0) is 38.5 Å². The summed E-state index contributed by atoms with van der Waals surface area (Å²) in [5.74, 6) is -1.07. The molecule has 0 saturated carbocycles. The van der Waals surface area contributed by atoms with Gasteiger partial charge in [0, 0.05) is 11.6 Å². The maximum atomic E-state index is 12.1. The first-order valence-electron chi connectivity index (χ1n) is 5.56. The minimum Gasteiger partial charge on any atom is -0.481 e. The predicted molar refractivity (Wildman–Crippen MR) is 72.8 cm³/mol. The summed E-state index contributed by atoms with van der Waals surface area (Å²) >= 11 is 5.87. The Kier molecular flexibility index (Phi) is 4.60. The number of carbonyl (C=O) groups is 1. The molecule has 1 aromatic carbocycles. The van der Waals surface area contributed by atoms with Crippen molar-refractivity contribution in [2.45, 2.75) is 25.7 Å². The third-order valence-corrected chi connectivity index (χ3v) is 4.75. The van der Waals surface area contributed by atoms with E-state index in [1.54, 1.807) is 13.0 Å². The number of aliphatic carboxylic acids is 1. The molecule has 0 aliphatic rings. The summed E-state index contributed by atoms with van der Waals surface area (Å²) < 4.78 is 26.5. The summed E-state index contributed by atoms with van der Waals surface area (Å²) in [5, 5.41) is 9.30. The normalized spacial score (nSPS) is 12.4. The van der Waals surface area contributed by atoms with E-state index in [9.17, 15) is 13.2 Å². The second kappa shape index (κ2) is 5.48. The molecule has 0 bridgehead atoms. The summed E-state index contributed by atoms with van der Waals surface area (Å²) in [6.07, 6.45) is 0. The molecule has 106 valence electrons. The highest BCUT2D eigenvalue weighted by Gasteiger charge is 2.29. The van der Waals surface area contributed by atoms with Crippen molar-refractivity contribution in [3.8, 4) is 0 Å². The van der Waals surface area contributed by atoms with Gasteiger partial charge in [-0.25, -0.2) is 13.1 Å². The van der Waals surface area contributed by atoms with Crippen LogP contribution in [0.3, 0.4) is 0 Å². The van der Waals surface area contributed by atoms with E-state index in [-0.39, 0.29) is 11.4 Å². The zero-order valence-electron chi connectivity index (χ0n) is 10.9. The molecule has 0 radical (unpaired) electrons. The Morgan fingerprint density at radius 3 is 2.53 bits per heavy atom. The Hall–Kier alpha value is -1.11. The minimum absolute atomic E-state index is 0.0567. The molecule has 1 aromatic rings. The molecule has 0 aliphatic carbocycles. The van der Waals surface area contributed by atoms with Crippen LogP contribution in [0.25, 0.3) is 0 Å². The van der Waals surface area contributed by atoms with Gasteiger partial charge in [0.25, 0.3) is 0 Å². The highest BCUT2D eigenvalue weighted by molar-refractivity contribution is 7.89. The van der Waals surface area contributed by atoms with E-state index in [0.717, 1.165) is 0 Å². The fraction of sp³-hybridized carbons (Fsp3) is 0.417. The molecule has 0 atom stereocenters. The lowest BCUT2D eigenvalue weighted by Crippen LogP contribution is -2.39. The Bertz CT molecular complexity index is 596. The molecule has 0 aliphatic heterocycles. The van der Waals surface area contributed by atoms with Crippen LogP contribution in [0.1, 0.15) is 19.4 Å². The molecule has 0 unspecified atom stereocenters. The van der Waals surface area contributed by atoms with Gasteiger partial charge >= 0.3 is 5.97 Å². The minimum atomic E-state index is -3.78. The topological polar surface area (TPSA) is 83.5 Å². The van der Waals surface area contributed by atoms with Crippen LogP contribution in [0.2, 0.25) is 5.02 Å². The third kappa shape index (κ3) is 3.68. The number of rotatable bonds is 5. The molecule has 0 spiro atoms. The molecule has 1 rings (SSSR count). The van der Waals surface area contributed by atoms with Crippen LogP contribution in [-0.4, -0.2) is 26.0 Å². The van der Waals surface area contributed by atoms with Crippen LogP contribution in [0.15, 0.2) is 23.1 Å². The van der Waals surface area contributed by atoms with Crippen LogP contribution >= 0.6 is 11.6 Å². The van der Waals surface area contributed by atoms with Gasteiger partial charge in [0.05, 0.1) is 10.3 Å². The van der Waals surface area contributed by atoms with Gasteiger partial charge in [-0.1, -0.05) is 17.7 Å². The molecule has 2 N–H and O–H groups in total. The van der Waals surface area contributed by atoms with E-state index < -0.39 is 21.4 Å². The highest BCUT2D eigenvalue weighted by atomic mass is 35.5. The molecular formula is C12H16ClNO4S. The Labute approximate surface area is 117 Å². The lowest BCUT2D eigenvalue weighted by Gasteiger charge is -2.20. The second-order valence-corrected chi connectivity index (χ2v) is 7.02. The smallest absolute Gasteiger partial charge is 0.310 e. The lowest BCUT2D eigenvalue weighted by atomic mass is 9.95. The van der Waals surface area contributed by atoms with Crippen molar-refractivity contribution in [1.82, 2.24) is 4.72 Å². The second-order valence-electron chi connectivity index (χ2n) is 4.88. The molecule has 19 heavy (non-hydrogen) atoms. The van der Waals surface area contributed by atoms with Crippen LogP contribution in [0.4, 0.5) is 0 Å². The Morgan fingerprint density at radius 2 is 2.00 bits per heavy atom. The molecule has 0 heterocycles. The van der Waals surface area contributed by atoms with Crippen molar-refractivity contribution >= 4 is 27.6 Å². The van der Waals surface area contributed by atoms with Crippen molar-refractivity contribution < 1.29 is 18.3 Å². The summed E-state index contributed by atoms with van der Waals surface area (Å²) in [6.45, 7) is 4.29. The maximum absolute atomic E-state index is 12.1. The van der Waals surface area contributed by atoms with Crippen molar-refractivity contribution in [3.05, 3.63) is 28.8 Å². The van der Waals surface area contributed by atoms with Gasteiger partial charge in [-0.15, -0.1) is 0 Å². The van der Waals surface area contributed by atoms with Crippen molar-refractivity contribution in [2.24, 2.45) is 5.41 Å². The van der Waals surface area contributed by atoms with Crippen LogP contribution in [0.5, 0.6) is 0 Å². The number of sulfonamides is 1. The van der Waals surface area contributed by atoms with Crippen LogP contribution in [0, 0.1) is 12.3 Å². The number of hydrogen-bond acceptors (Lipinski definition) is 3. The largest absolute Gasteiger partial charge is 0.481 e. The quantitative estimate of drug-likeness (QED) is 0.872. The Balaban J connectivity index is 3.01. The number of carboxylic acids is 1. The number of hydrogen-bond donors (Lipinski definition) is 2. The number of nitrogens with one attached hydrogen (secondary N) is 1. The van der Waals surface area contributed by atoms with E-state index in [1.807, 2.05) is 0 Å². The molecule has 5 nitrogen and oxygen atoms in total. The van der Waals surface area contributed by atoms with Crippen molar-refractivity contribution in [3.63, 3.8) is 0 Å². The fourth-order valence-electron chi connectivity index (χ4n) is 1.31. The molecule has 7 heteroatoms. The lowest BCUT2D eigenvalue weighted by molar-refractivity contribution is -0.146. The van der Waals surface area contributed by atoms with E-state index in [1.165, 1.54) is 26.0 Å². The molecule has 0 amide bonds. The van der Waals surface area contributed by atoms with E-state index in [0.29, 0.717) is 10.6 Å². The van der Waals surface area contributed by atoms with Gasteiger partial charge < -0.3 is 5.11 Å². The summed E-state index contributed by atoms with van der Waals surface area (Å²) in [4.78, 5) is 11.0. The zero-order valence-corrected chi connectivity index (χ0v) is 12.5. The van der Waals surface area contributed by atoms with Gasteiger partial charge in [0.15, 0.2) is 0 Å². The van der Waals surface area contributed by atoms with Gasteiger partial charge in [-0.3, -0.25) is 4.79 Å². The summed E-state index contributed by atoms with van der Waals surface area (Å²) in [7, 11) is -3.78. The Morgan fingerprint density at radius 1 is 1.42 bits per heavy atom. The molecular weight excluding hydrogens is 290 g/mol. The van der Waals surface area contributed by atoms with Crippen molar-refractivity contribution in [1.29, 1.82) is 0 Å². The number of halogens is 1. The first-order chi connectivity index (χ1) is 8.58.